The number of halogens is 1. The number of carbonyl (C=O) groups is 1. The van der Waals surface area contributed by atoms with Crippen LogP contribution in [0, 0.1) is 16.7 Å². The molecule has 0 aromatic heterocycles. The first kappa shape index (κ1) is 29.8. The average molecular weight is 613 g/mol. The molecule has 2 aromatic carbocycles. The molecule has 2 aliphatic heterocycles. The smallest absolute Gasteiger partial charge is 0.264 e. The van der Waals surface area contributed by atoms with Crippen LogP contribution >= 0.6 is 11.6 Å². The van der Waals surface area contributed by atoms with Crippen LogP contribution in [0.5, 0.6) is 5.75 Å². The lowest BCUT2D eigenvalue weighted by atomic mass is 9.51. The highest BCUT2D eigenvalue weighted by atomic mass is 35.5. The molecule has 2 bridgehead atoms. The molecule has 0 radical (unpaired) electrons. The minimum Gasteiger partial charge on any atom is -0.490 e. The van der Waals surface area contributed by atoms with E-state index >= 15 is 0 Å². The summed E-state index contributed by atoms with van der Waals surface area (Å²) in [6, 6.07) is 11.7. The van der Waals surface area contributed by atoms with Crippen molar-refractivity contribution in [1.29, 1.82) is 0 Å². The molecule has 8 heteroatoms. The lowest BCUT2D eigenvalue weighted by molar-refractivity contribution is -0.0401. The first-order valence-corrected chi connectivity index (χ1v) is 17.6. The molecule has 4 atom stereocenters. The van der Waals surface area contributed by atoms with E-state index in [0.29, 0.717) is 24.5 Å². The van der Waals surface area contributed by atoms with E-state index in [1.165, 1.54) is 24.0 Å². The zero-order chi connectivity index (χ0) is 29.9. The van der Waals surface area contributed by atoms with Crippen molar-refractivity contribution in [2.24, 2.45) is 16.7 Å². The summed E-state index contributed by atoms with van der Waals surface area (Å²) in [5.41, 5.74) is 3.90. The number of fused-ring (bicyclic) bond motifs is 4. The molecule has 228 valence electrons. The Morgan fingerprint density at radius 3 is 2.55 bits per heavy atom. The Balaban J connectivity index is 1.45. The van der Waals surface area contributed by atoms with Crippen LogP contribution in [0.4, 0.5) is 5.69 Å². The highest BCUT2D eigenvalue weighted by Crippen LogP contribution is 2.58. The average Bonchev–Trinajstić information content (AvgIpc) is 3.06. The van der Waals surface area contributed by atoms with Crippen molar-refractivity contribution < 1.29 is 17.9 Å². The van der Waals surface area contributed by atoms with E-state index in [0.717, 1.165) is 68.1 Å². The van der Waals surface area contributed by atoms with Gasteiger partial charge in [0.1, 0.15) is 5.75 Å². The number of rotatable bonds is 0. The summed E-state index contributed by atoms with van der Waals surface area (Å²) in [5, 5.41) is 0.132. The van der Waals surface area contributed by atoms with Crippen molar-refractivity contribution in [2.75, 3.05) is 24.6 Å². The molecule has 42 heavy (non-hydrogen) atoms. The van der Waals surface area contributed by atoms with E-state index in [1.807, 2.05) is 18.2 Å². The van der Waals surface area contributed by atoms with Crippen LogP contribution < -0.4 is 14.4 Å². The maximum Gasteiger partial charge on any atom is 0.264 e. The highest BCUT2D eigenvalue weighted by Gasteiger charge is 2.52. The Kier molecular flexibility index (Phi) is 7.61. The van der Waals surface area contributed by atoms with Gasteiger partial charge in [0.2, 0.25) is 10.0 Å². The minimum atomic E-state index is -3.79. The van der Waals surface area contributed by atoms with Crippen molar-refractivity contribution in [3.63, 3.8) is 0 Å². The van der Waals surface area contributed by atoms with Crippen molar-refractivity contribution in [1.82, 2.24) is 4.72 Å². The van der Waals surface area contributed by atoms with Crippen LogP contribution in [-0.2, 0) is 21.9 Å². The fraction of sp³-hybridized carbons (Fsp3) is 0.618. The number of anilines is 1. The summed E-state index contributed by atoms with van der Waals surface area (Å²) in [7, 11) is -3.79. The molecule has 1 N–H and O–H groups in total. The maximum absolute atomic E-state index is 13.3. The number of aryl methyl sites for hydroxylation is 1. The Bertz CT molecular complexity index is 1490. The largest absolute Gasteiger partial charge is 0.490 e. The zero-order valence-corrected chi connectivity index (χ0v) is 27.0. The van der Waals surface area contributed by atoms with Gasteiger partial charge in [0.05, 0.1) is 17.5 Å². The van der Waals surface area contributed by atoms with E-state index in [-0.39, 0.29) is 16.2 Å². The third-order valence-electron chi connectivity index (χ3n) is 11.1. The van der Waals surface area contributed by atoms with Gasteiger partial charge < -0.3 is 9.64 Å². The van der Waals surface area contributed by atoms with Gasteiger partial charge in [-0.3, -0.25) is 4.79 Å². The summed E-state index contributed by atoms with van der Waals surface area (Å²) in [6.07, 6.45) is 8.89. The fourth-order valence-corrected chi connectivity index (χ4v) is 9.85. The first-order chi connectivity index (χ1) is 19.8. The van der Waals surface area contributed by atoms with Crippen LogP contribution in [0.1, 0.15) is 101 Å². The maximum atomic E-state index is 13.3. The number of amides is 1. The summed E-state index contributed by atoms with van der Waals surface area (Å²) in [6.45, 7) is 11.1. The first-order valence-electron chi connectivity index (χ1n) is 15.7. The van der Waals surface area contributed by atoms with Gasteiger partial charge in [-0.15, -0.1) is 0 Å². The topological polar surface area (TPSA) is 75.7 Å². The van der Waals surface area contributed by atoms with Crippen molar-refractivity contribution in [3.8, 4) is 5.75 Å². The lowest BCUT2D eigenvalue weighted by Gasteiger charge is -2.57. The number of sulfonamides is 1. The Labute approximate surface area is 256 Å². The van der Waals surface area contributed by atoms with Gasteiger partial charge >= 0.3 is 0 Å². The van der Waals surface area contributed by atoms with E-state index in [2.05, 4.69) is 42.5 Å². The molecule has 6 rings (SSSR count). The quantitative estimate of drug-likeness (QED) is 0.338. The SMILES string of the molecule is C[C@H]1CCCCC(C)(C)[C@@H]2CCC2(C)CN2C[C@@]3(CCCc4cc(Cl)ccc43)COc3ccc(cc32)C(=O)NS1(=O)=O. The second-order valence-electron chi connectivity index (χ2n) is 14.5. The third kappa shape index (κ3) is 5.34. The lowest BCUT2D eigenvalue weighted by Crippen LogP contribution is -2.55. The number of hydrogen-bond donors (Lipinski definition) is 1. The monoisotopic (exact) mass is 612 g/mol. The van der Waals surface area contributed by atoms with Crippen LogP contribution in [-0.4, -0.2) is 39.3 Å². The van der Waals surface area contributed by atoms with E-state index in [9.17, 15) is 13.2 Å². The molecular formula is C34H45ClN2O4S. The molecule has 1 fully saturated rings. The number of ether oxygens (including phenoxy) is 1. The third-order valence-corrected chi connectivity index (χ3v) is 13.1. The van der Waals surface area contributed by atoms with Gasteiger partial charge in [0.25, 0.3) is 5.91 Å². The molecule has 2 aromatic rings. The van der Waals surface area contributed by atoms with Crippen LogP contribution in [0.15, 0.2) is 36.4 Å². The standard InChI is InChI=1S/C34H45ClN2O4S/c1-23-8-5-6-15-32(2,3)30-14-17-33(30,4)20-37-21-34(16-7-9-24-18-26(35)11-12-27(24)34)22-41-29-13-10-25(19-28(29)37)31(38)36-42(23,39)40/h10-13,18-19,23,30H,5-9,14-17,20-22H2,1-4H3,(H,36,38)/t23-,30-,33?,34-/m0/s1. The van der Waals surface area contributed by atoms with Gasteiger partial charge in [-0.05, 0) is 110 Å². The molecular weight excluding hydrogens is 568 g/mol. The van der Waals surface area contributed by atoms with Crippen LogP contribution in [0.2, 0.25) is 5.02 Å². The van der Waals surface area contributed by atoms with Gasteiger partial charge in [-0.1, -0.05) is 51.3 Å². The molecule has 4 aliphatic rings. The molecule has 2 aliphatic carbocycles. The van der Waals surface area contributed by atoms with Crippen LogP contribution in [0.25, 0.3) is 0 Å². The molecule has 1 amide bonds. The van der Waals surface area contributed by atoms with Gasteiger partial charge in [0.15, 0.2) is 0 Å². The zero-order valence-electron chi connectivity index (χ0n) is 25.5. The molecule has 0 saturated heterocycles. The number of benzene rings is 2. The van der Waals surface area contributed by atoms with Gasteiger partial charge in [0, 0.05) is 29.1 Å². The second kappa shape index (κ2) is 10.7. The fourth-order valence-electron chi connectivity index (χ4n) is 8.60. The molecule has 1 saturated carbocycles. The molecule has 2 heterocycles. The summed E-state index contributed by atoms with van der Waals surface area (Å²) < 4.78 is 35.2. The summed E-state index contributed by atoms with van der Waals surface area (Å²) >= 11 is 6.43. The Morgan fingerprint density at radius 1 is 0.976 bits per heavy atom. The number of nitrogens with zero attached hydrogens (tertiary/aromatic N) is 1. The molecule has 6 nitrogen and oxygen atoms in total. The summed E-state index contributed by atoms with van der Waals surface area (Å²) in [5.74, 6) is 0.731. The summed E-state index contributed by atoms with van der Waals surface area (Å²) in [4.78, 5) is 15.8. The van der Waals surface area contributed by atoms with E-state index in [1.54, 1.807) is 13.0 Å². The van der Waals surface area contributed by atoms with Crippen LogP contribution in [0.3, 0.4) is 0 Å². The second-order valence-corrected chi connectivity index (χ2v) is 17.1. The van der Waals surface area contributed by atoms with Crippen molar-refractivity contribution in [3.05, 3.63) is 58.1 Å². The highest BCUT2D eigenvalue weighted by molar-refractivity contribution is 7.90. The van der Waals surface area contributed by atoms with E-state index in [4.69, 9.17) is 16.3 Å². The molecule has 1 spiro atoms. The van der Waals surface area contributed by atoms with E-state index < -0.39 is 21.2 Å². The minimum absolute atomic E-state index is 0.121. The Hall–Kier alpha value is -2.25. The number of hydrogen-bond acceptors (Lipinski definition) is 5. The Morgan fingerprint density at radius 2 is 1.79 bits per heavy atom. The van der Waals surface area contributed by atoms with Crippen molar-refractivity contribution in [2.45, 2.75) is 96.1 Å². The van der Waals surface area contributed by atoms with Gasteiger partial charge in [-0.25, -0.2) is 13.1 Å². The predicted molar refractivity (Wildman–Crippen MR) is 169 cm³/mol. The number of carbonyl (C=O) groups excluding carboxylic acids is 1. The normalized spacial score (nSPS) is 32.4. The predicted octanol–water partition coefficient (Wildman–Crippen LogP) is 7.28. The number of nitrogens with one attached hydrogen (secondary N) is 1. The molecule has 1 unspecified atom stereocenters. The van der Waals surface area contributed by atoms with Crippen molar-refractivity contribution >= 4 is 33.2 Å². The van der Waals surface area contributed by atoms with Gasteiger partial charge in [-0.2, -0.15) is 0 Å².